The maximum Gasteiger partial charge on any atom is 0.266 e. The number of benzene rings is 3. The van der Waals surface area contributed by atoms with Crippen molar-refractivity contribution < 1.29 is 4.79 Å². The molecule has 0 saturated heterocycles. The van der Waals surface area contributed by atoms with E-state index >= 15 is 0 Å². The number of hydrogen-bond donors (Lipinski definition) is 2. The van der Waals surface area contributed by atoms with E-state index in [0.29, 0.717) is 33.5 Å². The lowest BCUT2D eigenvalue weighted by Crippen LogP contribution is -2.55. The van der Waals surface area contributed by atoms with Crippen LogP contribution in [0.2, 0.25) is 10.3 Å². The number of carbonyl (C=O) groups is 1. The van der Waals surface area contributed by atoms with Gasteiger partial charge in [0.15, 0.2) is 4.99 Å². The van der Waals surface area contributed by atoms with Gasteiger partial charge >= 0.3 is 0 Å². The lowest BCUT2D eigenvalue weighted by molar-refractivity contribution is 0.0969. The van der Waals surface area contributed by atoms with E-state index in [2.05, 4.69) is 15.3 Å². The van der Waals surface area contributed by atoms with Gasteiger partial charge in [-0.15, -0.1) is 12.6 Å². The molecule has 38 heavy (non-hydrogen) atoms. The maximum atomic E-state index is 14.2. The molecule has 0 saturated carbocycles. The second-order valence-corrected chi connectivity index (χ2v) is 10.2. The number of hydrogen-bond acceptors (Lipinski definition) is 6. The first-order chi connectivity index (χ1) is 18.3. The molecule has 7 nitrogen and oxygen atoms in total. The van der Waals surface area contributed by atoms with Crippen LogP contribution in [0.4, 0.5) is 11.5 Å². The molecule has 0 aliphatic carbocycles. The average Bonchev–Trinajstić information content (AvgIpc) is 3.26. The highest BCUT2D eigenvalue weighted by atomic mass is 35.5. The number of amides is 1. The van der Waals surface area contributed by atoms with Crippen LogP contribution < -0.4 is 10.2 Å². The van der Waals surface area contributed by atoms with Crippen LogP contribution in [0.5, 0.6) is 0 Å². The van der Waals surface area contributed by atoms with Gasteiger partial charge in [-0.3, -0.25) is 9.69 Å². The van der Waals surface area contributed by atoms with Crippen molar-refractivity contribution in [3.8, 4) is 16.9 Å². The first-order valence-electron chi connectivity index (χ1n) is 11.7. The van der Waals surface area contributed by atoms with Crippen LogP contribution in [0.15, 0.2) is 91.1 Å². The molecule has 0 fully saturated rings. The van der Waals surface area contributed by atoms with Crippen molar-refractivity contribution in [2.24, 2.45) is 0 Å². The Morgan fingerprint density at radius 1 is 0.895 bits per heavy atom. The molecule has 1 N–H and O–H groups in total. The predicted octanol–water partition coefficient (Wildman–Crippen LogP) is 6.76. The van der Waals surface area contributed by atoms with Crippen LogP contribution in [-0.4, -0.2) is 25.7 Å². The van der Waals surface area contributed by atoms with Gasteiger partial charge in [-0.05, 0) is 61.0 Å². The molecule has 1 unspecified atom stereocenters. The molecule has 1 atom stereocenters. The summed E-state index contributed by atoms with van der Waals surface area (Å²) in [6, 6.07) is 26.2. The van der Waals surface area contributed by atoms with Crippen LogP contribution in [0.3, 0.4) is 0 Å². The van der Waals surface area contributed by atoms with Gasteiger partial charge in [-0.1, -0.05) is 54.1 Å². The van der Waals surface area contributed by atoms with Gasteiger partial charge in [-0.2, -0.15) is 5.10 Å². The molecule has 0 radical (unpaired) electrons. The molecule has 6 rings (SSSR count). The standard InChI is InChI=1S/C28H20Cl2N6OS/c1-17-24-25(36(34-17)22-5-3-2-4-6-22)33-28(38,35(26(24)37)21-13-11-20(29)12-14-21)19-9-7-18(8-10-19)23-15-16-31-27(30)32-23/h2-16,33,38H,1H3. The third-order valence-corrected chi connectivity index (χ3v) is 7.39. The maximum absolute atomic E-state index is 14.2. The second kappa shape index (κ2) is 9.47. The molecule has 1 aliphatic rings. The summed E-state index contributed by atoms with van der Waals surface area (Å²) >= 11 is 17.3. The summed E-state index contributed by atoms with van der Waals surface area (Å²) in [4.78, 5) is 22.8. The van der Waals surface area contributed by atoms with Crippen LogP contribution in [0, 0.1) is 6.92 Å². The fourth-order valence-corrected chi connectivity index (χ4v) is 5.33. The molecular weight excluding hydrogens is 539 g/mol. The van der Waals surface area contributed by atoms with Crippen molar-refractivity contribution >= 4 is 53.2 Å². The van der Waals surface area contributed by atoms with E-state index in [0.717, 1.165) is 16.8 Å². The van der Waals surface area contributed by atoms with Crippen molar-refractivity contribution in [3.05, 3.63) is 118 Å². The molecule has 3 aromatic carbocycles. The Morgan fingerprint density at radius 2 is 1.61 bits per heavy atom. The number of aromatic nitrogens is 4. The number of carbonyl (C=O) groups excluding carboxylic acids is 1. The Bertz CT molecular complexity index is 1660. The highest BCUT2D eigenvalue weighted by molar-refractivity contribution is 7.81. The van der Waals surface area contributed by atoms with Crippen LogP contribution in [-0.2, 0) is 4.99 Å². The molecular formula is C28H20Cl2N6OS. The summed E-state index contributed by atoms with van der Waals surface area (Å²) in [7, 11) is 0. The number of nitrogens with zero attached hydrogens (tertiary/aromatic N) is 5. The van der Waals surface area contributed by atoms with Gasteiger partial charge in [0.1, 0.15) is 11.4 Å². The lowest BCUT2D eigenvalue weighted by atomic mass is 10.0. The van der Waals surface area contributed by atoms with E-state index in [4.69, 9.17) is 40.9 Å². The Labute approximate surface area is 234 Å². The highest BCUT2D eigenvalue weighted by Gasteiger charge is 2.47. The monoisotopic (exact) mass is 558 g/mol. The number of halogens is 2. The zero-order valence-corrected chi connectivity index (χ0v) is 22.4. The molecule has 1 aliphatic heterocycles. The third-order valence-electron chi connectivity index (χ3n) is 6.39. The first kappa shape index (κ1) is 24.5. The van der Waals surface area contributed by atoms with Gasteiger partial charge < -0.3 is 5.32 Å². The zero-order chi connectivity index (χ0) is 26.4. The van der Waals surface area contributed by atoms with E-state index in [1.165, 1.54) is 0 Å². The summed E-state index contributed by atoms with van der Waals surface area (Å²) < 4.78 is 1.74. The normalized spacial score (nSPS) is 16.7. The van der Waals surface area contributed by atoms with E-state index in [1.807, 2.05) is 61.5 Å². The predicted molar refractivity (Wildman–Crippen MR) is 153 cm³/mol. The summed E-state index contributed by atoms with van der Waals surface area (Å²) in [6.45, 7) is 1.82. The summed E-state index contributed by atoms with van der Waals surface area (Å²) in [6.07, 6.45) is 1.61. The second-order valence-electron chi connectivity index (χ2n) is 8.76. The fourth-order valence-electron chi connectivity index (χ4n) is 4.60. The topological polar surface area (TPSA) is 75.9 Å². The van der Waals surface area contributed by atoms with Crippen LogP contribution in [0.25, 0.3) is 16.9 Å². The number of anilines is 2. The van der Waals surface area contributed by atoms with Crippen molar-refractivity contribution in [1.82, 2.24) is 19.7 Å². The van der Waals surface area contributed by atoms with Gasteiger partial charge in [-0.25, -0.2) is 14.6 Å². The Kier molecular flexibility index (Phi) is 6.10. The van der Waals surface area contributed by atoms with E-state index in [9.17, 15) is 4.79 Å². The van der Waals surface area contributed by atoms with Gasteiger partial charge in [0.25, 0.3) is 5.91 Å². The SMILES string of the molecule is Cc1nn(-c2ccccc2)c2c1C(=O)N(c1ccc(Cl)cc1)C(S)(c1ccc(-c3ccnc(Cl)n3)cc1)N2. The number of thiol groups is 1. The van der Waals surface area contributed by atoms with Crippen LogP contribution in [0.1, 0.15) is 21.6 Å². The molecule has 1 amide bonds. The lowest BCUT2D eigenvalue weighted by Gasteiger charge is -2.45. The fraction of sp³-hybridized carbons (Fsp3) is 0.0714. The molecule has 5 aromatic rings. The number of fused-ring (bicyclic) bond motifs is 1. The van der Waals surface area contributed by atoms with Crippen molar-refractivity contribution in [2.75, 3.05) is 10.2 Å². The average molecular weight is 559 g/mol. The largest absolute Gasteiger partial charge is 0.334 e. The quantitative estimate of drug-likeness (QED) is 0.188. The Hall–Kier alpha value is -3.85. The Balaban J connectivity index is 1.52. The summed E-state index contributed by atoms with van der Waals surface area (Å²) in [5.41, 5.74) is 4.80. The van der Waals surface area contributed by atoms with Gasteiger partial charge in [0.2, 0.25) is 5.28 Å². The minimum atomic E-state index is -1.27. The molecule has 0 spiro atoms. The first-order valence-corrected chi connectivity index (χ1v) is 12.9. The van der Waals surface area contributed by atoms with Crippen molar-refractivity contribution in [1.29, 1.82) is 0 Å². The van der Waals surface area contributed by atoms with E-state index in [-0.39, 0.29) is 11.2 Å². The minimum absolute atomic E-state index is 0.169. The van der Waals surface area contributed by atoms with E-state index in [1.54, 1.807) is 46.1 Å². The minimum Gasteiger partial charge on any atom is -0.334 e. The number of nitrogens with one attached hydrogen (secondary N) is 1. The Morgan fingerprint density at radius 3 is 2.29 bits per heavy atom. The smallest absolute Gasteiger partial charge is 0.266 e. The molecule has 0 bridgehead atoms. The number of rotatable bonds is 4. The summed E-state index contributed by atoms with van der Waals surface area (Å²) in [5, 5.41) is 8.97. The van der Waals surface area contributed by atoms with Crippen molar-refractivity contribution in [2.45, 2.75) is 11.9 Å². The summed E-state index contributed by atoms with van der Waals surface area (Å²) in [5.74, 6) is 0.327. The van der Waals surface area contributed by atoms with Gasteiger partial charge in [0.05, 0.1) is 17.1 Å². The highest BCUT2D eigenvalue weighted by Crippen LogP contribution is 2.45. The molecule has 3 heterocycles. The molecule has 2 aromatic heterocycles. The number of aryl methyl sites for hydroxylation is 1. The number of para-hydroxylation sites is 1. The van der Waals surface area contributed by atoms with E-state index < -0.39 is 4.99 Å². The zero-order valence-electron chi connectivity index (χ0n) is 20.0. The van der Waals surface area contributed by atoms with Crippen molar-refractivity contribution in [3.63, 3.8) is 0 Å². The molecule has 188 valence electrons. The molecule has 10 heteroatoms. The third kappa shape index (κ3) is 4.11. The van der Waals surface area contributed by atoms with Gasteiger partial charge in [0, 0.05) is 28.0 Å². The van der Waals surface area contributed by atoms with Crippen LogP contribution >= 0.6 is 35.8 Å².